The summed E-state index contributed by atoms with van der Waals surface area (Å²) in [6.07, 6.45) is 0. The molecule has 1 amide bonds. The predicted octanol–water partition coefficient (Wildman–Crippen LogP) is 2.58. The number of nitrogens with zero attached hydrogens (tertiary/aromatic N) is 1. The first-order valence-electron chi connectivity index (χ1n) is 5.82. The van der Waals surface area contributed by atoms with Crippen LogP contribution in [0.1, 0.15) is 21.9 Å². The largest absolute Gasteiger partial charge is 0.464 e. The molecular weight excluding hydrogens is 247 g/mol. The van der Waals surface area contributed by atoms with Crippen molar-refractivity contribution in [2.45, 2.75) is 13.5 Å². The van der Waals surface area contributed by atoms with Gasteiger partial charge in [0.1, 0.15) is 17.3 Å². The Kier molecular flexibility index (Phi) is 3.55. The molecule has 0 saturated heterocycles. The van der Waals surface area contributed by atoms with Gasteiger partial charge in [0.15, 0.2) is 0 Å². The molecule has 0 aliphatic heterocycles. The maximum Gasteiger partial charge on any atom is 0.254 e. The highest BCUT2D eigenvalue weighted by Crippen LogP contribution is 2.15. The highest BCUT2D eigenvalue weighted by atomic mass is 19.1. The number of anilines is 1. The topological polar surface area (TPSA) is 59.5 Å². The third-order valence-electron chi connectivity index (χ3n) is 2.70. The zero-order valence-corrected chi connectivity index (χ0v) is 10.8. The minimum absolute atomic E-state index is 0.225. The van der Waals surface area contributed by atoms with E-state index in [2.05, 4.69) is 0 Å². The Labute approximate surface area is 110 Å². The molecule has 0 spiro atoms. The van der Waals surface area contributed by atoms with Crippen LogP contribution in [-0.2, 0) is 6.54 Å². The highest BCUT2D eigenvalue weighted by molar-refractivity contribution is 5.94. The molecule has 2 aromatic rings. The molecule has 100 valence electrons. The van der Waals surface area contributed by atoms with Gasteiger partial charge < -0.3 is 15.1 Å². The van der Waals surface area contributed by atoms with Crippen LogP contribution in [0.4, 0.5) is 10.1 Å². The fraction of sp³-hybridized carbons (Fsp3) is 0.214. The zero-order chi connectivity index (χ0) is 14.0. The summed E-state index contributed by atoms with van der Waals surface area (Å²) in [5, 5.41) is 0. The van der Waals surface area contributed by atoms with Crippen LogP contribution in [0.2, 0.25) is 0 Å². The summed E-state index contributed by atoms with van der Waals surface area (Å²) in [7, 11) is 1.63. The van der Waals surface area contributed by atoms with Gasteiger partial charge in [-0.3, -0.25) is 4.79 Å². The number of carbonyl (C=O) groups is 1. The summed E-state index contributed by atoms with van der Waals surface area (Å²) in [6.45, 7) is 2.15. The minimum atomic E-state index is -0.523. The van der Waals surface area contributed by atoms with E-state index in [0.29, 0.717) is 12.3 Å². The third-order valence-corrected chi connectivity index (χ3v) is 2.70. The van der Waals surface area contributed by atoms with Crippen LogP contribution in [0.5, 0.6) is 0 Å². The molecule has 5 heteroatoms. The van der Waals surface area contributed by atoms with Gasteiger partial charge in [-0.05, 0) is 37.3 Å². The smallest absolute Gasteiger partial charge is 0.254 e. The Bertz CT molecular complexity index is 587. The van der Waals surface area contributed by atoms with E-state index in [9.17, 15) is 9.18 Å². The maximum atomic E-state index is 13.2. The number of halogens is 1. The van der Waals surface area contributed by atoms with Crippen molar-refractivity contribution in [1.29, 1.82) is 0 Å². The molecule has 0 fully saturated rings. The number of hydrogen-bond acceptors (Lipinski definition) is 3. The predicted molar refractivity (Wildman–Crippen MR) is 70.1 cm³/mol. The first-order chi connectivity index (χ1) is 8.95. The summed E-state index contributed by atoms with van der Waals surface area (Å²) in [5.74, 6) is 0.634. The van der Waals surface area contributed by atoms with Crippen molar-refractivity contribution < 1.29 is 13.6 Å². The van der Waals surface area contributed by atoms with Gasteiger partial charge in [-0.25, -0.2) is 4.39 Å². The number of aryl methyl sites for hydroxylation is 1. The van der Waals surface area contributed by atoms with Gasteiger partial charge in [0.05, 0.1) is 6.54 Å². The van der Waals surface area contributed by atoms with E-state index in [1.54, 1.807) is 13.1 Å². The van der Waals surface area contributed by atoms with Crippen molar-refractivity contribution in [1.82, 2.24) is 4.90 Å². The number of amides is 1. The van der Waals surface area contributed by atoms with Gasteiger partial charge in [-0.1, -0.05) is 0 Å². The van der Waals surface area contributed by atoms with Crippen LogP contribution >= 0.6 is 0 Å². The summed E-state index contributed by atoms with van der Waals surface area (Å²) in [5.41, 5.74) is 5.98. The van der Waals surface area contributed by atoms with Crippen LogP contribution in [0.3, 0.4) is 0 Å². The monoisotopic (exact) mass is 262 g/mol. The molecule has 1 aromatic heterocycles. The molecule has 19 heavy (non-hydrogen) atoms. The van der Waals surface area contributed by atoms with E-state index in [4.69, 9.17) is 10.2 Å². The minimum Gasteiger partial charge on any atom is -0.464 e. The molecule has 2 rings (SSSR count). The Hall–Kier alpha value is -2.30. The Morgan fingerprint density at radius 3 is 2.68 bits per heavy atom. The van der Waals surface area contributed by atoms with E-state index >= 15 is 0 Å². The van der Waals surface area contributed by atoms with Crippen LogP contribution in [0.15, 0.2) is 34.7 Å². The lowest BCUT2D eigenvalue weighted by Gasteiger charge is -2.16. The SMILES string of the molecule is Cc1ccc(CN(C)C(=O)c2cc(N)cc(F)c2)o1. The lowest BCUT2D eigenvalue weighted by atomic mass is 10.1. The Morgan fingerprint density at radius 1 is 1.37 bits per heavy atom. The van der Waals surface area contributed by atoms with E-state index < -0.39 is 5.82 Å². The normalized spacial score (nSPS) is 10.5. The first-order valence-corrected chi connectivity index (χ1v) is 5.82. The average Bonchev–Trinajstić information content (AvgIpc) is 2.72. The molecule has 0 unspecified atom stereocenters. The number of rotatable bonds is 3. The summed E-state index contributed by atoms with van der Waals surface area (Å²) < 4.78 is 18.6. The van der Waals surface area contributed by atoms with Gasteiger partial charge in [-0.2, -0.15) is 0 Å². The van der Waals surface area contributed by atoms with Gasteiger partial charge in [0.2, 0.25) is 0 Å². The molecule has 2 N–H and O–H groups in total. The van der Waals surface area contributed by atoms with Gasteiger partial charge >= 0.3 is 0 Å². The second-order valence-electron chi connectivity index (χ2n) is 4.45. The second-order valence-corrected chi connectivity index (χ2v) is 4.45. The van der Waals surface area contributed by atoms with E-state index in [-0.39, 0.29) is 17.2 Å². The van der Waals surface area contributed by atoms with Crippen LogP contribution < -0.4 is 5.73 Å². The molecule has 1 heterocycles. The van der Waals surface area contributed by atoms with Crippen molar-refractivity contribution in [3.8, 4) is 0 Å². The fourth-order valence-corrected chi connectivity index (χ4v) is 1.83. The molecule has 0 radical (unpaired) electrons. The summed E-state index contributed by atoms with van der Waals surface area (Å²) in [4.78, 5) is 13.6. The number of benzene rings is 1. The molecule has 1 aromatic carbocycles. The van der Waals surface area contributed by atoms with Gasteiger partial charge in [0, 0.05) is 18.3 Å². The van der Waals surface area contributed by atoms with E-state index in [1.807, 2.05) is 13.0 Å². The highest BCUT2D eigenvalue weighted by Gasteiger charge is 2.14. The summed E-state index contributed by atoms with van der Waals surface area (Å²) in [6, 6.07) is 7.43. The van der Waals surface area contributed by atoms with Crippen molar-refractivity contribution in [3.05, 3.63) is 53.2 Å². The van der Waals surface area contributed by atoms with Crippen LogP contribution in [-0.4, -0.2) is 17.9 Å². The molecular formula is C14H15FN2O2. The number of nitrogen functional groups attached to an aromatic ring is 1. The fourth-order valence-electron chi connectivity index (χ4n) is 1.83. The van der Waals surface area contributed by atoms with Gasteiger partial charge in [-0.15, -0.1) is 0 Å². The number of furan rings is 1. The zero-order valence-electron chi connectivity index (χ0n) is 10.8. The first kappa shape index (κ1) is 13.1. The standard InChI is InChI=1S/C14H15FN2O2/c1-9-3-4-13(19-9)8-17(2)14(18)10-5-11(15)7-12(16)6-10/h3-7H,8,16H2,1-2H3. The number of nitrogens with two attached hydrogens (primary N) is 1. The number of hydrogen-bond donors (Lipinski definition) is 1. The van der Waals surface area contributed by atoms with Gasteiger partial charge in [0.25, 0.3) is 5.91 Å². The van der Waals surface area contributed by atoms with Crippen LogP contribution in [0.25, 0.3) is 0 Å². The van der Waals surface area contributed by atoms with E-state index in [0.717, 1.165) is 5.76 Å². The van der Waals surface area contributed by atoms with Crippen molar-refractivity contribution in [2.24, 2.45) is 0 Å². The number of carbonyl (C=O) groups excluding carboxylic acids is 1. The quantitative estimate of drug-likeness (QED) is 0.865. The van der Waals surface area contributed by atoms with Crippen LogP contribution in [0, 0.1) is 12.7 Å². The average molecular weight is 262 g/mol. The molecule has 0 bridgehead atoms. The van der Waals surface area contributed by atoms with Crippen molar-refractivity contribution in [2.75, 3.05) is 12.8 Å². The Morgan fingerprint density at radius 2 is 2.11 bits per heavy atom. The van der Waals surface area contributed by atoms with Crippen molar-refractivity contribution in [3.63, 3.8) is 0 Å². The Balaban J connectivity index is 2.14. The van der Waals surface area contributed by atoms with Crippen molar-refractivity contribution >= 4 is 11.6 Å². The summed E-state index contributed by atoms with van der Waals surface area (Å²) >= 11 is 0. The molecule has 4 nitrogen and oxygen atoms in total. The third kappa shape index (κ3) is 3.13. The lowest BCUT2D eigenvalue weighted by Crippen LogP contribution is -2.26. The molecule has 0 aliphatic rings. The molecule has 0 aliphatic carbocycles. The molecule has 0 saturated carbocycles. The molecule has 0 atom stereocenters. The maximum absolute atomic E-state index is 13.2. The second kappa shape index (κ2) is 5.14. The lowest BCUT2D eigenvalue weighted by molar-refractivity contribution is 0.0774. The van der Waals surface area contributed by atoms with E-state index in [1.165, 1.54) is 23.1 Å².